The van der Waals surface area contributed by atoms with Crippen molar-refractivity contribution in [1.82, 2.24) is 4.98 Å². The molecule has 0 aliphatic rings. The van der Waals surface area contributed by atoms with E-state index in [1.807, 2.05) is 0 Å². The Hall–Kier alpha value is -2.74. The number of thiazole rings is 1. The molecule has 8 heteroatoms. The average molecular weight is 380 g/mol. The van der Waals surface area contributed by atoms with Crippen molar-refractivity contribution in [1.29, 1.82) is 0 Å². The Morgan fingerprint density at radius 2 is 1.73 bits per heavy atom. The molecule has 2 aromatic carbocycles. The van der Waals surface area contributed by atoms with Gasteiger partial charge in [-0.2, -0.15) is 13.2 Å². The Bertz CT molecular complexity index is 949. The fraction of sp³-hybridized carbons (Fsp3) is 0.111. The zero-order valence-corrected chi connectivity index (χ0v) is 14.2. The summed E-state index contributed by atoms with van der Waals surface area (Å²) < 4.78 is 51.9. The lowest BCUT2D eigenvalue weighted by atomic mass is 10.1. The number of aryl methyl sites for hydroxylation is 1. The zero-order valence-electron chi connectivity index (χ0n) is 13.4. The molecule has 1 N–H and O–H groups in total. The smallest absolute Gasteiger partial charge is 0.322 e. The number of amides is 1. The van der Waals surface area contributed by atoms with Gasteiger partial charge in [0.05, 0.1) is 11.3 Å². The molecule has 3 rings (SSSR count). The normalized spacial score (nSPS) is 11.4. The van der Waals surface area contributed by atoms with Gasteiger partial charge >= 0.3 is 6.18 Å². The van der Waals surface area contributed by atoms with E-state index in [1.165, 1.54) is 30.3 Å². The first-order chi connectivity index (χ1) is 12.3. The summed E-state index contributed by atoms with van der Waals surface area (Å²) in [5.74, 6) is -1.25. The van der Waals surface area contributed by atoms with E-state index in [9.17, 15) is 22.4 Å². The lowest BCUT2D eigenvalue weighted by Gasteiger charge is -2.07. The molecule has 134 valence electrons. The third-order valence-electron chi connectivity index (χ3n) is 3.57. The Labute approximate surface area is 150 Å². The van der Waals surface area contributed by atoms with Crippen LogP contribution >= 0.6 is 11.3 Å². The fourth-order valence-electron chi connectivity index (χ4n) is 2.34. The first-order valence-electron chi connectivity index (χ1n) is 7.46. The summed E-state index contributed by atoms with van der Waals surface area (Å²) in [6, 6.07) is 11.7. The van der Waals surface area contributed by atoms with Crippen molar-refractivity contribution in [3.8, 4) is 11.3 Å². The molecular weight excluding hydrogens is 368 g/mol. The highest BCUT2D eigenvalue weighted by Gasteiger charge is 2.35. The van der Waals surface area contributed by atoms with Crippen molar-refractivity contribution in [2.45, 2.75) is 13.1 Å². The largest absolute Gasteiger partial charge is 0.443 e. The van der Waals surface area contributed by atoms with E-state index < -0.39 is 22.9 Å². The number of alkyl halides is 3. The molecular formula is C18H12F4N2OS. The maximum Gasteiger partial charge on any atom is 0.443 e. The topological polar surface area (TPSA) is 42.0 Å². The van der Waals surface area contributed by atoms with Crippen molar-refractivity contribution in [3.63, 3.8) is 0 Å². The second-order valence-corrected chi connectivity index (χ2v) is 6.64. The number of aromatic nitrogens is 1. The summed E-state index contributed by atoms with van der Waals surface area (Å²) in [4.78, 5) is 16.2. The lowest BCUT2D eigenvalue weighted by molar-refractivity contribution is -0.137. The molecule has 0 fully saturated rings. The minimum Gasteiger partial charge on any atom is -0.322 e. The molecule has 0 aliphatic heterocycles. The lowest BCUT2D eigenvalue weighted by Crippen LogP contribution is -2.13. The van der Waals surface area contributed by atoms with Crippen LogP contribution in [-0.2, 0) is 6.18 Å². The third-order valence-corrected chi connectivity index (χ3v) is 4.59. The molecule has 26 heavy (non-hydrogen) atoms. The minimum atomic E-state index is -4.48. The van der Waals surface area contributed by atoms with Crippen LogP contribution in [-0.4, -0.2) is 10.9 Å². The van der Waals surface area contributed by atoms with Gasteiger partial charge in [0.25, 0.3) is 5.91 Å². The highest BCUT2D eigenvalue weighted by atomic mass is 32.1. The summed E-state index contributed by atoms with van der Waals surface area (Å²) in [7, 11) is 0. The molecule has 0 saturated heterocycles. The maximum atomic E-state index is 13.6. The number of hydrogen-bond acceptors (Lipinski definition) is 3. The highest BCUT2D eigenvalue weighted by Crippen LogP contribution is 2.37. The molecule has 0 unspecified atom stereocenters. The van der Waals surface area contributed by atoms with E-state index in [4.69, 9.17) is 0 Å². The summed E-state index contributed by atoms with van der Waals surface area (Å²) in [5, 5.41) is 1.64. The van der Waals surface area contributed by atoms with E-state index in [1.54, 1.807) is 25.1 Å². The number of rotatable bonds is 3. The molecule has 0 spiro atoms. The molecule has 3 aromatic rings. The fourth-order valence-corrected chi connectivity index (χ4v) is 3.14. The van der Waals surface area contributed by atoms with Crippen molar-refractivity contribution in [3.05, 3.63) is 69.8 Å². The van der Waals surface area contributed by atoms with Crippen molar-refractivity contribution >= 4 is 22.9 Å². The van der Waals surface area contributed by atoms with Gasteiger partial charge in [0.15, 0.2) is 5.01 Å². The SMILES string of the molecule is Cc1sc(C(F)(F)F)nc1-c1ccc(NC(=O)c2ccccc2F)cc1. The first-order valence-corrected chi connectivity index (χ1v) is 8.28. The van der Waals surface area contributed by atoms with Crippen LogP contribution in [0.4, 0.5) is 23.2 Å². The predicted octanol–water partition coefficient (Wildman–Crippen LogP) is 5.53. The zero-order chi connectivity index (χ0) is 18.9. The highest BCUT2D eigenvalue weighted by molar-refractivity contribution is 7.12. The molecule has 1 amide bonds. The number of nitrogens with zero attached hydrogens (tertiary/aromatic N) is 1. The number of carbonyl (C=O) groups excluding carboxylic acids is 1. The molecule has 3 nitrogen and oxygen atoms in total. The minimum absolute atomic E-state index is 0.0956. The summed E-state index contributed by atoms with van der Waals surface area (Å²) in [6.45, 7) is 1.57. The predicted molar refractivity (Wildman–Crippen MR) is 91.6 cm³/mol. The average Bonchev–Trinajstić information content (AvgIpc) is 2.98. The number of anilines is 1. The van der Waals surface area contributed by atoms with Gasteiger partial charge in [-0.1, -0.05) is 24.3 Å². The van der Waals surface area contributed by atoms with Crippen LogP contribution in [0.5, 0.6) is 0 Å². The Morgan fingerprint density at radius 3 is 2.31 bits per heavy atom. The second kappa shape index (κ2) is 6.87. The van der Waals surface area contributed by atoms with Crippen LogP contribution in [0.3, 0.4) is 0 Å². The number of halogens is 4. The summed E-state index contributed by atoms with van der Waals surface area (Å²) in [6.07, 6.45) is -4.48. The van der Waals surface area contributed by atoms with Crippen LogP contribution in [0.2, 0.25) is 0 Å². The molecule has 1 aromatic heterocycles. The van der Waals surface area contributed by atoms with Crippen LogP contribution in [0, 0.1) is 12.7 Å². The van der Waals surface area contributed by atoms with Gasteiger partial charge in [0.2, 0.25) is 0 Å². The first kappa shape index (κ1) is 18.1. The second-order valence-electron chi connectivity index (χ2n) is 5.43. The van der Waals surface area contributed by atoms with Crippen LogP contribution in [0.25, 0.3) is 11.3 Å². The summed E-state index contributed by atoms with van der Waals surface area (Å²) >= 11 is 0.582. The third kappa shape index (κ3) is 3.75. The number of hydrogen-bond donors (Lipinski definition) is 1. The monoisotopic (exact) mass is 380 g/mol. The Morgan fingerprint density at radius 1 is 1.08 bits per heavy atom. The van der Waals surface area contributed by atoms with Gasteiger partial charge in [-0.15, -0.1) is 11.3 Å². The van der Waals surface area contributed by atoms with Gasteiger partial charge in [-0.25, -0.2) is 9.37 Å². The van der Waals surface area contributed by atoms with Gasteiger partial charge in [-0.05, 0) is 31.2 Å². The molecule has 1 heterocycles. The maximum absolute atomic E-state index is 13.6. The van der Waals surface area contributed by atoms with E-state index in [-0.39, 0.29) is 11.3 Å². The molecule has 0 saturated carbocycles. The molecule has 0 aliphatic carbocycles. The van der Waals surface area contributed by atoms with Crippen LogP contribution in [0.1, 0.15) is 20.2 Å². The van der Waals surface area contributed by atoms with Crippen molar-refractivity contribution < 1.29 is 22.4 Å². The van der Waals surface area contributed by atoms with E-state index >= 15 is 0 Å². The van der Waals surface area contributed by atoms with E-state index in [0.29, 0.717) is 27.5 Å². The van der Waals surface area contributed by atoms with E-state index in [2.05, 4.69) is 10.3 Å². The van der Waals surface area contributed by atoms with Gasteiger partial charge < -0.3 is 5.32 Å². The molecule has 0 radical (unpaired) electrons. The van der Waals surface area contributed by atoms with Crippen LogP contribution < -0.4 is 5.32 Å². The Kier molecular flexibility index (Phi) is 4.78. The Balaban J connectivity index is 1.80. The van der Waals surface area contributed by atoms with Crippen molar-refractivity contribution in [2.75, 3.05) is 5.32 Å². The van der Waals surface area contributed by atoms with E-state index in [0.717, 1.165) is 0 Å². The number of benzene rings is 2. The standard InChI is InChI=1S/C18H12F4N2OS/c1-10-15(24-17(26-10)18(20,21)22)11-6-8-12(9-7-11)23-16(25)13-4-2-3-5-14(13)19/h2-9H,1H3,(H,23,25). The number of nitrogens with one attached hydrogen (secondary N) is 1. The number of carbonyl (C=O) groups is 1. The van der Waals surface area contributed by atoms with Gasteiger partial charge in [0, 0.05) is 16.1 Å². The quantitative estimate of drug-likeness (QED) is 0.607. The van der Waals surface area contributed by atoms with Gasteiger partial charge in [0.1, 0.15) is 5.82 Å². The molecule has 0 bridgehead atoms. The van der Waals surface area contributed by atoms with Gasteiger partial charge in [-0.3, -0.25) is 4.79 Å². The van der Waals surface area contributed by atoms with Crippen LogP contribution in [0.15, 0.2) is 48.5 Å². The van der Waals surface area contributed by atoms with Crippen molar-refractivity contribution in [2.24, 2.45) is 0 Å². The molecule has 0 atom stereocenters. The summed E-state index contributed by atoms with van der Waals surface area (Å²) in [5.41, 5.74) is 1.04.